The predicted octanol–water partition coefficient (Wildman–Crippen LogP) is 3.06. The third-order valence-electron chi connectivity index (χ3n) is 8.72. The number of ketones is 1. The number of allylic oxidation sites excluding steroid dienone is 4. The maximum absolute atomic E-state index is 15.4. The van der Waals surface area contributed by atoms with Crippen LogP contribution in [0.5, 0.6) is 0 Å². The Labute approximate surface area is 185 Å². The number of esters is 1. The highest BCUT2D eigenvalue weighted by molar-refractivity contribution is 6.26. The van der Waals surface area contributed by atoms with Gasteiger partial charge in [0.15, 0.2) is 5.78 Å². The van der Waals surface area contributed by atoms with Gasteiger partial charge in [0.05, 0.1) is 6.10 Å². The number of carboxylic acids is 1. The second-order valence-electron chi connectivity index (χ2n) is 10.1. The molecule has 3 saturated carbocycles. The monoisotopic (exact) mass is 454 g/mol. The molecular weight excluding hydrogens is 427 g/mol. The zero-order valence-corrected chi connectivity index (χ0v) is 18.6. The molecule has 4 aliphatic carbocycles. The Balaban J connectivity index is 1.82. The number of aliphatic carboxylic acids is 1. The lowest BCUT2D eigenvalue weighted by molar-refractivity contribution is -0.214. The van der Waals surface area contributed by atoms with Gasteiger partial charge in [-0.25, -0.2) is 9.18 Å². The smallest absolute Gasteiger partial charge is 0.349 e. The summed E-state index contributed by atoms with van der Waals surface area (Å²) in [6.07, 6.45) is 2.73. The highest BCUT2D eigenvalue weighted by Crippen LogP contribution is 2.69. The van der Waals surface area contributed by atoms with Gasteiger partial charge in [0.2, 0.25) is 5.60 Å². The Hall–Kier alpha value is -1.73. The van der Waals surface area contributed by atoms with E-state index in [1.54, 1.807) is 19.9 Å². The third kappa shape index (κ3) is 2.81. The highest BCUT2D eigenvalue weighted by atomic mass is 35.5. The maximum atomic E-state index is 15.4. The highest BCUT2D eigenvalue weighted by Gasteiger charge is 2.74. The number of hydrogen-bond donors (Lipinski definition) is 2. The van der Waals surface area contributed by atoms with Gasteiger partial charge in [-0.3, -0.25) is 9.59 Å². The molecular formula is C23H28ClFO6. The molecule has 31 heavy (non-hydrogen) atoms. The van der Waals surface area contributed by atoms with E-state index in [0.717, 1.165) is 0 Å². The summed E-state index contributed by atoms with van der Waals surface area (Å²) in [6.45, 7) is 5.30. The summed E-state index contributed by atoms with van der Waals surface area (Å²) in [4.78, 5) is 36.6. The van der Waals surface area contributed by atoms with E-state index >= 15 is 4.39 Å². The van der Waals surface area contributed by atoms with Crippen LogP contribution in [0.25, 0.3) is 0 Å². The number of halogens is 2. The molecule has 0 aromatic rings. The molecule has 2 N–H and O–H groups in total. The topological polar surface area (TPSA) is 101 Å². The van der Waals surface area contributed by atoms with Crippen LogP contribution in [0.1, 0.15) is 40.0 Å². The number of alkyl halides is 2. The van der Waals surface area contributed by atoms with E-state index in [2.05, 4.69) is 0 Å². The van der Waals surface area contributed by atoms with Crippen LogP contribution < -0.4 is 0 Å². The standard InChI is InChI=1S/C23H28ClFO6/c1-11-6-14-13-8-16(25)15-7-12(26)4-5-21(15,2)19(13)17(27)9-22(14,3)23(11,20(29)30)31-18(28)10-24/h4-5,7,11,13-14,16-17,19,27H,6,8-10H2,1-3H3,(H,29,30)/t11-,13-,14-,16-,17-,19+,21-,22-,23-/m0/s1. The zero-order chi connectivity index (χ0) is 22.9. The van der Waals surface area contributed by atoms with E-state index in [-0.39, 0.29) is 36.4 Å². The summed E-state index contributed by atoms with van der Waals surface area (Å²) >= 11 is 5.62. The van der Waals surface area contributed by atoms with Crippen LogP contribution in [0.3, 0.4) is 0 Å². The van der Waals surface area contributed by atoms with Gasteiger partial charge >= 0.3 is 11.9 Å². The minimum absolute atomic E-state index is 0.0899. The number of aliphatic hydroxyl groups is 1. The largest absolute Gasteiger partial charge is 0.478 e. The fourth-order valence-electron chi connectivity index (χ4n) is 7.58. The molecule has 6 nitrogen and oxygen atoms in total. The van der Waals surface area contributed by atoms with E-state index in [1.165, 1.54) is 12.2 Å². The Morgan fingerprint density at radius 3 is 2.61 bits per heavy atom. The van der Waals surface area contributed by atoms with Crippen LogP contribution in [0, 0.1) is 34.5 Å². The molecule has 0 aromatic heterocycles. The van der Waals surface area contributed by atoms with E-state index in [1.807, 2.05) is 6.92 Å². The Morgan fingerprint density at radius 1 is 1.32 bits per heavy atom. The number of hydrogen-bond acceptors (Lipinski definition) is 5. The van der Waals surface area contributed by atoms with E-state index in [9.17, 15) is 24.6 Å². The summed E-state index contributed by atoms with van der Waals surface area (Å²) in [5.41, 5.74) is -3.39. The number of aliphatic hydroxyl groups excluding tert-OH is 1. The van der Waals surface area contributed by atoms with Gasteiger partial charge in [-0.05, 0) is 48.8 Å². The molecule has 0 heterocycles. The van der Waals surface area contributed by atoms with Crippen LogP contribution in [-0.4, -0.2) is 51.7 Å². The first-order valence-electron chi connectivity index (χ1n) is 10.7. The second kappa shape index (κ2) is 7.14. The van der Waals surface area contributed by atoms with Gasteiger partial charge in [0, 0.05) is 22.7 Å². The molecule has 0 radical (unpaired) electrons. The third-order valence-corrected chi connectivity index (χ3v) is 8.94. The van der Waals surface area contributed by atoms with Gasteiger partial charge < -0.3 is 14.9 Å². The first-order chi connectivity index (χ1) is 14.4. The van der Waals surface area contributed by atoms with Crippen LogP contribution in [0.15, 0.2) is 23.8 Å². The predicted molar refractivity (Wildman–Crippen MR) is 110 cm³/mol. The average molecular weight is 455 g/mol. The number of carbonyl (C=O) groups excluding carboxylic acids is 2. The Bertz CT molecular complexity index is 900. The van der Waals surface area contributed by atoms with Crippen LogP contribution >= 0.6 is 11.6 Å². The lowest BCUT2D eigenvalue weighted by atomic mass is 9.46. The number of ether oxygens (including phenoxy) is 1. The summed E-state index contributed by atoms with van der Waals surface area (Å²) < 4.78 is 20.9. The van der Waals surface area contributed by atoms with Gasteiger partial charge in [-0.2, -0.15) is 0 Å². The minimum Gasteiger partial charge on any atom is -0.478 e. The first kappa shape index (κ1) is 22.5. The van der Waals surface area contributed by atoms with Crippen molar-refractivity contribution in [3.8, 4) is 0 Å². The van der Waals surface area contributed by atoms with Crippen LogP contribution in [-0.2, 0) is 19.1 Å². The Morgan fingerprint density at radius 2 is 2.00 bits per heavy atom. The molecule has 8 heteroatoms. The molecule has 0 aliphatic heterocycles. The van der Waals surface area contributed by atoms with Gasteiger partial charge in [-0.15, -0.1) is 11.6 Å². The molecule has 3 fully saturated rings. The van der Waals surface area contributed by atoms with Crippen LogP contribution in [0.4, 0.5) is 4.39 Å². The zero-order valence-electron chi connectivity index (χ0n) is 17.8. The van der Waals surface area contributed by atoms with Crippen molar-refractivity contribution in [1.82, 2.24) is 0 Å². The van der Waals surface area contributed by atoms with Crippen molar-refractivity contribution in [1.29, 1.82) is 0 Å². The van der Waals surface area contributed by atoms with Crippen molar-refractivity contribution in [2.45, 2.75) is 57.9 Å². The molecule has 4 rings (SSSR count). The van der Waals surface area contributed by atoms with Crippen molar-refractivity contribution in [3.05, 3.63) is 23.8 Å². The molecule has 0 saturated heterocycles. The number of carbonyl (C=O) groups is 3. The minimum atomic E-state index is -1.85. The fourth-order valence-corrected chi connectivity index (χ4v) is 7.63. The summed E-state index contributed by atoms with van der Waals surface area (Å²) in [5.74, 6) is -4.35. The molecule has 170 valence electrons. The SMILES string of the molecule is C[C@H]1C[C@H]2[C@@H]3C[C@H](F)C4=CC(=O)C=C[C@]4(C)[C@H]3[C@@H](O)C[C@]2(C)[C@@]1(OC(=O)CCl)C(=O)O. The summed E-state index contributed by atoms with van der Waals surface area (Å²) in [5, 5.41) is 21.6. The van der Waals surface area contributed by atoms with Crippen molar-refractivity contribution in [3.63, 3.8) is 0 Å². The lowest BCUT2D eigenvalue weighted by Gasteiger charge is -2.60. The summed E-state index contributed by atoms with van der Waals surface area (Å²) in [6, 6.07) is 0. The molecule has 9 atom stereocenters. The van der Waals surface area contributed by atoms with Crippen molar-refractivity contribution >= 4 is 29.3 Å². The normalized spacial score (nSPS) is 48.3. The second-order valence-corrected chi connectivity index (χ2v) is 10.4. The average Bonchev–Trinajstić information content (AvgIpc) is 2.90. The van der Waals surface area contributed by atoms with Crippen molar-refractivity contribution < 1.29 is 33.7 Å². The van der Waals surface area contributed by atoms with Gasteiger partial charge in [0.1, 0.15) is 12.1 Å². The number of fused-ring (bicyclic) bond motifs is 5. The van der Waals surface area contributed by atoms with Gasteiger partial charge in [-0.1, -0.05) is 26.8 Å². The molecule has 0 aromatic carbocycles. The molecule has 4 aliphatic rings. The quantitative estimate of drug-likeness (QED) is 0.502. The van der Waals surface area contributed by atoms with Crippen LogP contribution in [0.2, 0.25) is 0 Å². The van der Waals surface area contributed by atoms with Crippen molar-refractivity contribution in [2.75, 3.05) is 5.88 Å². The lowest BCUT2D eigenvalue weighted by Crippen LogP contribution is -2.64. The molecule has 0 spiro atoms. The van der Waals surface area contributed by atoms with E-state index in [4.69, 9.17) is 16.3 Å². The van der Waals surface area contributed by atoms with E-state index < -0.39 is 52.4 Å². The molecule has 0 amide bonds. The maximum Gasteiger partial charge on any atom is 0.349 e. The summed E-state index contributed by atoms with van der Waals surface area (Å²) in [7, 11) is 0. The molecule has 0 unspecified atom stereocenters. The van der Waals surface area contributed by atoms with Gasteiger partial charge in [0.25, 0.3) is 0 Å². The van der Waals surface area contributed by atoms with Crippen molar-refractivity contribution in [2.24, 2.45) is 34.5 Å². The molecule has 0 bridgehead atoms. The number of rotatable bonds is 3. The number of carboxylic acid groups (broad SMARTS) is 1. The first-order valence-corrected chi connectivity index (χ1v) is 11.2. The fraction of sp³-hybridized carbons (Fsp3) is 0.696. The van der Waals surface area contributed by atoms with E-state index in [0.29, 0.717) is 12.0 Å². The Kier molecular flexibility index (Phi) is 5.17.